The van der Waals surface area contributed by atoms with E-state index in [1.165, 1.54) is 11.1 Å². The molecule has 0 saturated heterocycles. The van der Waals surface area contributed by atoms with Crippen LogP contribution in [0.5, 0.6) is 0 Å². The van der Waals surface area contributed by atoms with Crippen LogP contribution in [-0.4, -0.2) is 22.7 Å². The average molecular weight is 203 g/mol. The van der Waals surface area contributed by atoms with E-state index in [0.717, 1.165) is 24.3 Å². The van der Waals surface area contributed by atoms with Crippen LogP contribution >= 0.6 is 0 Å². The first-order chi connectivity index (χ1) is 7.27. The van der Waals surface area contributed by atoms with E-state index in [-0.39, 0.29) is 5.91 Å². The molecule has 1 N–H and O–H groups in total. The second kappa shape index (κ2) is 3.07. The lowest BCUT2D eigenvalue weighted by atomic mass is 9.78. The van der Waals surface area contributed by atoms with Gasteiger partial charge < -0.3 is 0 Å². The number of carbonyl (C=O) groups is 1. The summed E-state index contributed by atoms with van der Waals surface area (Å²) in [6.07, 6.45) is 3.30. The summed E-state index contributed by atoms with van der Waals surface area (Å²) in [6, 6.07) is 5.83. The lowest BCUT2D eigenvalue weighted by Gasteiger charge is -2.34. The number of carbonyl (C=O) groups excluding carboxylic acids is 1. The average Bonchev–Trinajstić information content (AvgIpc) is 2.26. The molecular weight excluding hydrogens is 190 g/mol. The van der Waals surface area contributed by atoms with E-state index in [9.17, 15) is 10.0 Å². The highest BCUT2D eigenvalue weighted by molar-refractivity contribution is 5.96. The third-order valence-corrected chi connectivity index (χ3v) is 3.46. The summed E-state index contributed by atoms with van der Waals surface area (Å²) in [6.45, 7) is 0.461. The zero-order chi connectivity index (χ0) is 10.4. The van der Waals surface area contributed by atoms with Gasteiger partial charge in [0.2, 0.25) is 0 Å². The molecule has 3 heteroatoms. The van der Waals surface area contributed by atoms with Crippen molar-refractivity contribution < 1.29 is 10.0 Å². The molecule has 1 atom stereocenters. The van der Waals surface area contributed by atoms with Gasteiger partial charge in [0.15, 0.2) is 0 Å². The first-order valence-corrected chi connectivity index (χ1v) is 5.40. The van der Waals surface area contributed by atoms with E-state index < -0.39 is 0 Å². The Morgan fingerprint density at radius 3 is 3.13 bits per heavy atom. The van der Waals surface area contributed by atoms with Crippen LogP contribution in [0.1, 0.15) is 40.2 Å². The van der Waals surface area contributed by atoms with Crippen LogP contribution in [0, 0.1) is 0 Å². The Labute approximate surface area is 88.3 Å². The predicted molar refractivity (Wildman–Crippen MR) is 54.9 cm³/mol. The third-order valence-electron chi connectivity index (χ3n) is 3.46. The summed E-state index contributed by atoms with van der Waals surface area (Å²) in [4.78, 5) is 11.7. The minimum absolute atomic E-state index is 0.245. The molecule has 1 unspecified atom stereocenters. The van der Waals surface area contributed by atoms with Crippen LogP contribution in [-0.2, 0) is 6.42 Å². The van der Waals surface area contributed by atoms with Crippen molar-refractivity contribution in [3.63, 3.8) is 0 Å². The SMILES string of the molecule is O=C1c2cccc3c2C(CCC3)CN1O. The topological polar surface area (TPSA) is 40.5 Å². The van der Waals surface area contributed by atoms with E-state index in [1.807, 2.05) is 12.1 Å². The zero-order valence-corrected chi connectivity index (χ0v) is 8.44. The minimum atomic E-state index is -0.245. The van der Waals surface area contributed by atoms with E-state index in [4.69, 9.17) is 0 Å². The zero-order valence-electron chi connectivity index (χ0n) is 8.44. The highest BCUT2D eigenvalue weighted by Crippen LogP contribution is 2.37. The van der Waals surface area contributed by atoms with Crippen LogP contribution < -0.4 is 0 Å². The number of rotatable bonds is 0. The smallest absolute Gasteiger partial charge is 0.277 e. The van der Waals surface area contributed by atoms with Crippen molar-refractivity contribution >= 4 is 5.91 Å². The normalized spacial score (nSPS) is 23.9. The Morgan fingerprint density at radius 2 is 2.27 bits per heavy atom. The molecule has 0 saturated carbocycles. The van der Waals surface area contributed by atoms with Crippen molar-refractivity contribution in [3.8, 4) is 0 Å². The summed E-state index contributed by atoms with van der Waals surface area (Å²) < 4.78 is 0. The van der Waals surface area contributed by atoms with Crippen molar-refractivity contribution in [2.45, 2.75) is 25.2 Å². The highest BCUT2D eigenvalue weighted by Gasteiger charge is 2.33. The molecule has 1 heterocycles. The number of benzene rings is 1. The summed E-state index contributed by atoms with van der Waals surface area (Å²) in [5.74, 6) is 0.0950. The Balaban J connectivity index is 2.22. The number of amides is 1. The fourth-order valence-corrected chi connectivity index (χ4v) is 2.80. The second-order valence-electron chi connectivity index (χ2n) is 4.35. The number of nitrogens with zero attached hydrogens (tertiary/aromatic N) is 1. The highest BCUT2D eigenvalue weighted by atomic mass is 16.5. The van der Waals surface area contributed by atoms with Gasteiger partial charge in [0.25, 0.3) is 5.91 Å². The molecule has 3 nitrogen and oxygen atoms in total. The fraction of sp³-hybridized carbons (Fsp3) is 0.417. The number of hydrogen-bond donors (Lipinski definition) is 1. The maximum atomic E-state index is 11.7. The summed E-state index contributed by atoms with van der Waals surface area (Å²) in [5.41, 5.74) is 3.19. The van der Waals surface area contributed by atoms with Crippen molar-refractivity contribution in [1.29, 1.82) is 0 Å². The van der Waals surface area contributed by atoms with E-state index in [0.29, 0.717) is 18.0 Å². The molecule has 3 rings (SSSR count). The largest absolute Gasteiger partial charge is 0.286 e. The van der Waals surface area contributed by atoms with Gasteiger partial charge >= 0.3 is 0 Å². The number of aryl methyl sites for hydroxylation is 1. The van der Waals surface area contributed by atoms with E-state index in [1.54, 1.807) is 0 Å². The van der Waals surface area contributed by atoms with Gasteiger partial charge in [-0.2, -0.15) is 0 Å². The van der Waals surface area contributed by atoms with Crippen molar-refractivity contribution in [3.05, 3.63) is 34.9 Å². The lowest BCUT2D eigenvalue weighted by molar-refractivity contribution is -0.0664. The predicted octanol–water partition coefficient (Wildman–Crippen LogP) is 1.95. The molecule has 1 aromatic carbocycles. The lowest BCUT2D eigenvalue weighted by Crippen LogP contribution is -2.39. The van der Waals surface area contributed by atoms with Crippen LogP contribution in [0.15, 0.2) is 18.2 Å². The van der Waals surface area contributed by atoms with Crippen molar-refractivity contribution in [2.24, 2.45) is 0 Å². The summed E-state index contributed by atoms with van der Waals surface area (Å²) >= 11 is 0. The van der Waals surface area contributed by atoms with Gasteiger partial charge in [-0.15, -0.1) is 0 Å². The molecule has 0 radical (unpaired) electrons. The minimum Gasteiger partial charge on any atom is -0.286 e. The first kappa shape index (κ1) is 8.92. The maximum Gasteiger partial charge on any atom is 0.277 e. The molecule has 15 heavy (non-hydrogen) atoms. The van der Waals surface area contributed by atoms with Crippen molar-refractivity contribution in [2.75, 3.05) is 6.54 Å². The summed E-state index contributed by atoms with van der Waals surface area (Å²) in [5, 5.41) is 10.4. The Bertz CT molecular complexity index is 428. The molecule has 0 aromatic heterocycles. The van der Waals surface area contributed by atoms with Crippen LogP contribution in [0.4, 0.5) is 0 Å². The van der Waals surface area contributed by atoms with E-state index >= 15 is 0 Å². The van der Waals surface area contributed by atoms with Gasteiger partial charge in [-0.05, 0) is 36.5 Å². The molecule has 78 valence electrons. The Hall–Kier alpha value is -1.35. The van der Waals surface area contributed by atoms with Crippen LogP contribution in [0.2, 0.25) is 0 Å². The molecule has 1 amide bonds. The maximum absolute atomic E-state index is 11.7. The van der Waals surface area contributed by atoms with Gasteiger partial charge in [-0.25, -0.2) is 5.06 Å². The molecule has 0 bridgehead atoms. The van der Waals surface area contributed by atoms with Gasteiger partial charge in [-0.3, -0.25) is 10.0 Å². The molecule has 1 aliphatic carbocycles. The molecule has 0 spiro atoms. The van der Waals surface area contributed by atoms with Gasteiger partial charge in [-0.1, -0.05) is 12.1 Å². The molecule has 0 fully saturated rings. The second-order valence-corrected chi connectivity index (χ2v) is 4.35. The van der Waals surface area contributed by atoms with Crippen LogP contribution in [0.3, 0.4) is 0 Å². The standard InChI is InChI=1S/C12H13NO2/c14-12-10-6-2-4-8-3-1-5-9(11(8)10)7-13(12)15/h2,4,6,9,15H,1,3,5,7H2. The molecular formula is C12H13NO2. The molecule has 1 aliphatic heterocycles. The summed E-state index contributed by atoms with van der Waals surface area (Å²) in [7, 11) is 0. The van der Waals surface area contributed by atoms with Gasteiger partial charge in [0, 0.05) is 11.5 Å². The Morgan fingerprint density at radius 1 is 1.40 bits per heavy atom. The fourth-order valence-electron chi connectivity index (χ4n) is 2.80. The first-order valence-electron chi connectivity index (χ1n) is 5.40. The van der Waals surface area contributed by atoms with Gasteiger partial charge in [0.1, 0.15) is 0 Å². The number of hydrogen-bond acceptors (Lipinski definition) is 2. The van der Waals surface area contributed by atoms with E-state index in [2.05, 4.69) is 6.07 Å². The number of hydroxylamine groups is 2. The Kier molecular flexibility index (Phi) is 1.83. The molecule has 2 aliphatic rings. The van der Waals surface area contributed by atoms with Gasteiger partial charge in [0.05, 0.1) is 6.54 Å². The quantitative estimate of drug-likeness (QED) is 0.655. The van der Waals surface area contributed by atoms with Crippen LogP contribution in [0.25, 0.3) is 0 Å². The monoisotopic (exact) mass is 203 g/mol. The third kappa shape index (κ3) is 1.20. The van der Waals surface area contributed by atoms with Crippen molar-refractivity contribution in [1.82, 2.24) is 5.06 Å². The molecule has 1 aromatic rings.